The number of benzene rings is 1. The molecule has 0 spiro atoms. The Morgan fingerprint density at radius 2 is 2.35 bits per heavy atom. The van der Waals surface area contributed by atoms with Crippen molar-refractivity contribution in [2.45, 2.75) is 25.5 Å². The predicted molar refractivity (Wildman–Crippen MR) is 71.9 cm³/mol. The molecular weight excluding hydrogens is 260 g/mol. The first-order chi connectivity index (χ1) is 9.65. The summed E-state index contributed by atoms with van der Waals surface area (Å²) in [5.74, 6) is -1.01. The maximum atomic E-state index is 12.0. The van der Waals surface area contributed by atoms with Gasteiger partial charge in [0, 0.05) is 6.61 Å². The van der Waals surface area contributed by atoms with Crippen LogP contribution in [0.1, 0.15) is 23.2 Å². The average Bonchev–Trinajstić information content (AvgIpc) is 2.94. The van der Waals surface area contributed by atoms with Crippen LogP contribution in [0.15, 0.2) is 29.2 Å². The Balaban J connectivity index is 2.07. The molecule has 1 atom stereocenters. The predicted octanol–water partition coefficient (Wildman–Crippen LogP) is 1.27. The van der Waals surface area contributed by atoms with Gasteiger partial charge in [-0.05, 0) is 31.0 Å². The van der Waals surface area contributed by atoms with Crippen LogP contribution in [0, 0.1) is 0 Å². The molecule has 20 heavy (non-hydrogen) atoms. The van der Waals surface area contributed by atoms with Crippen molar-refractivity contribution in [3.63, 3.8) is 0 Å². The number of carboxylic acids is 1. The smallest absolute Gasteiger partial charge is 0.335 e. The molecule has 3 rings (SSSR count). The molecule has 6 heteroatoms. The van der Waals surface area contributed by atoms with Crippen molar-refractivity contribution in [1.29, 1.82) is 0 Å². The fourth-order valence-corrected chi connectivity index (χ4v) is 2.48. The Labute approximate surface area is 114 Å². The third-order valence-corrected chi connectivity index (χ3v) is 3.50. The van der Waals surface area contributed by atoms with Gasteiger partial charge < -0.3 is 14.4 Å². The maximum Gasteiger partial charge on any atom is 0.335 e. The van der Waals surface area contributed by atoms with Crippen molar-refractivity contribution in [3.05, 3.63) is 40.3 Å². The molecular formula is C14H14N2O4. The molecule has 2 heterocycles. The Bertz CT molecular complexity index is 717. The highest BCUT2D eigenvalue weighted by Crippen LogP contribution is 2.17. The Kier molecular flexibility index (Phi) is 3.23. The molecule has 1 aliphatic rings. The van der Waals surface area contributed by atoms with Crippen LogP contribution in [0.3, 0.4) is 0 Å². The Morgan fingerprint density at radius 3 is 3.05 bits per heavy atom. The zero-order valence-electron chi connectivity index (χ0n) is 10.8. The number of aromatic carboxylic acids is 1. The van der Waals surface area contributed by atoms with Gasteiger partial charge in [-0.1, -0.05) is 0 Å². The van der Waals surface area contributed by atoms with Gasteiger partial charge in [0.25, 0.3) is 5.56 Å². The lowest BCUT2D eigenvalue weighted by Crippen LogP contribution is -2.26. The second-order valence-corrected chi connectivity index (χ2v) is 4.85. The van der Waals surface area contributed by atoms with E-state index in [9.17, 15) is 9.59 Å². The number of rotatable bonds is 3. The number of ether oxygens (including phenoxy) is 1. The van der Waals surface area contributed by atoms with Gasteiger partial charge in [-0.2, -0.15) is 0 Å². The second-order valence-electron chi connectivity index (χ2n) is 4.85. The van der Waals surface area contributed by atoms with Gasteiger partial charge in [-0.15, -0.1) is 0 Å². The topological polar surface area (TPSA) is 81.4 Å². The fraction of sp³-hybridized carbons (Fsp3) is 0.357. The number of nitrogens with zero attached hydrogens (tertiary/aromatic N) is 2. The van der Waals surface area contributed by atoms with E-state index in [1.165, 1.54) is 18.3 Å². The highest BCUT2D eigenvalue weighted by Gasteiger charge is 2.18. The molecule has 0 radical (unpaired) electrons. The van der Waals surface area contributed by atoms with Crippen molar-refractivity contribution >= 4 is 17.0 Å². The largest absolute Gasteiger partial charge is 0.478 e. The van der Waals surface area contributed by atoms with Gasteiger partial charge in [0.1, 0.15) is 0 Å². The van der Waals surface area contributed by atoms with Crippen LogP contribution in [-0.4, -0.2) is 33.3 Å². The monoisotopic (exact) mass is 274 g/mol. The molecule has 1 fully saturated rings. The molecule has 6 nitrogen and oxygen atoms in total. The number of hydrogen-bond acceptors (Lipinski definition) is 4. The molecule has 0 aliphatic carbocycles. The third-order valence-electron chi connectivity index (χ3n) is 3.50. The summed E-state index contributed by atoms with van der Waals surface area (Å²) in [6, 6.07) is 4.59. The maximum absolute atomic E-state index is 12.0. The highest BCUT2D eigenvalue weighted by molar-refractivity contribution is 5.92. The van der Waals surface area contributed by atoms with Crippen LogP contribution in [0.2, 0.25) is 0 Å². The highest BCUT2D eigenvalue weighted by atomic mass is 16.5. The van der Waals surface area contributed by atoms with E-state index in [-0.39, 0.29) is 17.2 Å². The number of fused-ring (bicyclic) bond motifs is 1. The van der Waals surface area contributed by atoms with Crippen LogP contribution in [0.5, 0.6) is 0 Å². The summed E-state index contributed by atoms with van der Waals surface area (Å²) < 4.78 is 7.15. The van der Waals surface area contributed by atoms with E-state index in [0.717, 1.165) is 19.4 Å². The zero-order chi connectivity index (χ0) is 14.1. The molecule has 104 valence electrons. The molecule has 1 aliphatic heterocycles. The SMILES string of the molecule is O=C(O)c1ccc2c(c1)ncc(=O)n2C[C@@H]1CCCO1. The lowest BCUT2D eigenvalue weighted by atomic mass is 10.2. The lowest BCUT2D eigenvalue weighted by molar-refractivity contribution is 0.0697. The minimum atomic E-state index is -1.01. The molecule has 1 aromatic heterocycles. The number of carboxylic acid groups (broad SMARTS) is 1. The minimum Gasteiger partial charge on any atom is -0.478 e. The molecule has 0 amide bonds. The minimum absolute atomic E-state index is 0.0393. The zero-order valence-corrected chi connectivity index (χ0v) is 10.8. The average molecular weight is 274 g/mol. The van der Waals surface area contributed by atoms with Crippen LogP contribution >= 0.6 is 0 Å². The first-order valence-electron chi connectivity index (χ1n) is 6.49. The van der Waals surface area contributed by atoms with E-state index in [4.69, 9.17) is 9.84 Å². The van der Waals surface area contributed by atoms with E-state index in [0.29, 0.717) is 17.6 Å². The summed E-state index contributed by atoms with van der Waals surface area (Å²) >= 11 is 0. The van der Waals surface area contributed by atoms with Crippen molar-refractivity contribution in [3.8, 4) is 0 Å². The van der Waals surface area contributed by atoms with Crippen molar-refractivity contribution in [1.82, 2.24) is 9.55 Å². The van der Waals surface area contributed by atoms with E-state index < -0.39 is 5.97 Å². The van der Waals surface area contributed by atoms with Gasteiger partial charge >= 0.3 is 5.97 Å². The molecule has 1 aromatic carbocycles. The standard InChI is InChI=1S/C14H14N2O4/c17-13-7-15-11-6-9(14(18)19)3-4-12(11)16(13)8-10-2-1-5-20-10/h3-4,6-7,10H,1-2,5,8H2,(H,18,19)/t10-/m0/s1. The molecule has 0 bridgehead atoms. The van der Waals surface area contributed by atoms with Crippen LogP contribution in [0.25, 0.3) is 11.0 Å². The summed E-state index contributed by atoms with van der Waals surface area (Å²) in [5.41, 5.74) is 1.10. The normalized spacial score (nSPS) is 18.5. The summed E-state index contributed by atoms with van der Waals surface area (Å²) in [7, 11) is 0. The summed E-state index contributed by atoms with van der Waals surface area (Å²) in [5, 5.41) is 8.98. The van der Waals surface area contributed by atoms with Gasteiger partial charge in [0.05, 0.1) is 35.4 Å². The summed E-state index contributed by atoms with van der Waals surface area (Å²) in [6.07, 6.45) is 3.20. The first kappa shape index (κ1) is 12.8. The first-order valence-corrected chi connectivity index (χ1v) is 6.49. The van der Waals surface area contributed by atoms with Gasteiger partial charge in [-0.25, -0.2) is 9.78 Å². The van der Waals surface area contributed by atoms with Crippen LogP contribution < -0.4 is 5.56 Å². The van der Waals surface area contributed by atoms with Crippen molar-refractivity contribution < 1.29 is 14.6 Å². The van der Waals surface area contributed by atoms with Crippen molar-refractivity contribution in [2.75, 3.05) is 6.61 Å². The molecule has 0 unspecified atom stereocenters. The van der Waals surface area contributed by atoms with Gasteiger partial charge in [0.15, 0.2) is 0 Å². The van der Waals surface area contributed by atoms with E-state index in [2.05, 4.69) is 4.98 Å². The number of aromatic nitrogens is 2. The Morgan fingerprint density at radius 1 is 1.50 bits per heavy atom. The summed E-state index contributed by atoms with van der Waals surface area (Å²) in [6.45, 7) is 1.20. The number of carbonyl (C=O) groups is 1. The van der Waals surface area contributed by atoms with Crippen LogP contribution in [-0.2, 0) is 11.3 Å². The molecule has 2 aromatic rings. The quantitative estimate of drug-likeness (QED) is 0.911. The fourth-order valence-electron chi connectivity index (χ4n) is 2.48. The van der Waals surface area contributed by atoms with E-state index in [1.54, 1.807) is 10.6 Å². The van der Waals surface area contributed by atoms with Crippen LogP contribution in [0.4, 0.5) is 0 Å². The lowest BCUT2D eigenvalue weighted by Gasteiger charge is -2.14. The van der Waals surface area contributed by atoms with Gasteiger partial charge in [-0.3, -0.25) is 4.79 Å². The molecule has 0 saturated carbocycles. The molecule has 1 saturated heterocycles. The van der Waals surface area contributed by atoms with E-state index in [1.807, 2.05) is 0 Å². The molecule has 1 N–H and O–H groups in total. The Hall–Kier alpha value is -2.21. The summed E-state index contributed by atoms with van der Waals surface area (Å²) in [4.78, 5) is 26.9. The van der Waals surface area contributed by atoms with Gasteiger partial charge in [0.2, 0.25) is 0 Å². The van der Waals surface area contributed by atoms with E-state index >= 15 is 0 Å². The van der Waals surface area contributed by atoms with Crippen molar-refractivity contribution in [2.24, 2.45) is 0 Å². The number of hydrogen-bond donors (Lipinski definition) is 1. The second kappa shape index (κ2) is 5.05. The third kappa shape index (κ3) is 2.30.